The van der Waals surface area contributed by atoms with Gasteiger partial charge < -0.3 is 0 Å². The second-order valence-electron chi connectivity index (χ2n) is 10.6. The van der Waals surface area contributed by atoms with E-state index in [4.69, 9.17) is 0 Å². The standard InChI is InChI=1S/C38H28O/c39-37(30-11-2-1-3-12-30)31-22-18-27(19-23-31)25-38(26-28-20-21-29-10-4-5-13-32(29)24-28)35-16-8-6-14-33(35)34-15-7-9-17-36(34)38/h1-24H,25-26H2. The van der Waals surface area contributed by atoms with Crippen molar-refractivity contribution >= 4 is 16.6 Å². The topological polar surface area (TPSA) is 17.1 Å². The summed E-state index contributed by atoms with van der Waals surface area (Å²) in [5.74, 6) is 0.0598. The van der Waals surface area contributed by atoms with Gasteiger partial charge in [-0.3, -0.25) is 4.79 Å². The third-order valence-electron chi connectivity index (χ3n) is 8.25. The fourth-order valence-electron chi connectivity index (χ4n) is 6.43. The molecule has 1 aliphatic rings. The highest BCUT2D eigenvalue weighted by Crippen LogP contribution is 2.52. The molecule has 0 saturated carbocycles. The smallest absolute Gasteiger partial charge is 0.193 e. The number of benzene rings is 6. The first-order chi connectivity index (χ1) is 19.2. The summed E-state index contributed by atoms with van der Waals surface area (Å²) in [5, 5.41) is 2.54. The summed E-state index contributed by atoms with van der Waals surface area (Å²) in [5.41, 5.74) is 9.20. The van der Waals surface area contributed by atoms with Crippen LogP contribution in [0.4, 0.5) is 0 Å². The van der Waals surface area contributed by atoms with Crippen molar-refractivity contribution in [1.29, 1.82) is 0 Å². The molecule has 1 nitrogen and oxygen atoms in total. The molecule has 0 unspecified atom stereocenters. The largest absolute Gasteiger partial charge is 0.289 e. The summed E-state index contributed by atoms with van der Waals surface area (Å²) in [6.45, 7) is 0. The first-order valence-corrected chi connectivity index (χ1v) is 13.6. The van der Waals surface area contributed by atoms with E-state index in [1.54, 1.807) is 0 Å². The Hall–Kier alpha value is -4.75. The van der Waals surface area contributed by atoms with Crippen LogP contribution in [0.1, 0.15) is 38.2 Å². The quantitative estimate of drug-likeness (QED) is 0.209. The molecule has 6 aromatic carbocycles. The molecule has 6 aromatic rings. The zero-order valence-electron chi connectivity index (χ0n) is 21.7. The van der Waals surface area contributed by atoms with Gasteiger partial charge in [0.2, 0.25) is 0 Å². The lowest BCUT2D eigenvalue weighted by molar-refractivity contribution is 0.103. The lowest BCUT2D eigenvalue weighted by Crippen LogP contribution is -2.31. The monoisotopic (exact) mass is 500 g/mol. The number of carbonyl (C=O) groups excluding carboxylic acids is 1. The van der Waals surface area contributed by atoms with Crippen LogP contribution in [0.15, 0.2) is 146 Å². The normalized spacial score (nSPS) is 13.1. The molecule has 0 aromatic heterocycles. The van der Waals surface area contributed by atoms with Gasteiger partial charge in [-0.25, -0.2) is 0 Å². The number of hydrogen-bond acceptors (Lipinski definition) is 1. The minimum absolute atomic E-state index is 0.0598. The maximum atomic E-state index is 13.0. The molecule has 0 atom stereocenters. The number of fused-ring (bicyclic) bond motifs is 4. The van der Waals surface area contributed by atoms with Crippen molar-refractivity contribution in [2.45, 2.75) is 18.3 Å². The summed E-state index contributed by atoms with van der Waals surface area (Å²) in [4.78, 5) is 13.0. The Morgan fingerprint density at radius 3 is 1.67 bits per heavy atom. The summed E-state index contributed by atoms with van der Waals surface area (Å²) in [7, 11) is 0. The predicted molar refractivity (Wildman–Crippen MR) is 160 cm³/mol. The third kappa shape index (κ3) is 4.08. The Morgan fingerprint density at radius 2 is 0.974 bits per heavy atom. The molecule has 0 heterocycles. The van der Waals surface area contributed by atoms with Crippen LogP contribution in [-0.2, 0) is 18.3 Å². The van der Waals surface area contributed by atoms with Gasteiger partial charge in [0.05, 0.1) is 0 Å². The predicted octanol–water partition coefficient (Wildman–Crippen LogP) is 8.82. The Morgan fingerprint density at radius 1 is 0.462 bits per heavy atom. The molecule has 0 spiro atoms. The Balaban J connectivity index is 1.33. The molecule has 1 aliphatic carbocycles. The molecule has 1 heteroatoms. The molecule has 0 bridgehead atoms. The molecule has 0 amide bonds. The molecule has 0 N–H and O–H groups in total. The minimum Gasteiger partial charge on any atom is -0.289 e. The number of carbonyl (C=O) groups is 1. The van der Waals surface area contributed by atoms with Crippen LogP contribution in [0, 0.1) is 0 Å². The molecule has 7 rings (SSSR count). The molecule has 0 aliphatic heterocycles. The second-order valence-corrected chi connectivity index (χ2v) is 10.6. The first-order valence-electron chi connectivity index (χ1n) is 13.6. The maximum absolute atomic E-state index is 13.0. The number of hydrogen-bond donors (Lipinski definition) is 0. The lowest BCUT2D eigenvalue weighted by atomic mass is 9.69. The highest BCUT2D eigenvalue weighted by atomic mass is 16.1. The van der Waals surface area contributed by atoms with Crippen LogP contribution in [0.5, 0.6) is 0 Å². The van der Waals surface area contributed by atoms with E-state index >= 15 is 0 Å². The van der Waals surface area contributed by atoms with Crippen molar-refractivity contribution in [2.75, 3.05) is 0 Å². The van der Waals surface area contributed by atoms with Gasteiger partial charge >= 0.3 is 0 Å². The van der Waals surface area contributed by atoms with Crippen LogP contribution in [-0.4, -0.2) is 5.78 Å². The maximum Gasteiger partial charge on any atom is 0.193 e. The number of rotatable bonds is 6. The van der Waals surface area contributed by atoms with Crippen molar-refractivity contribution in [3.63, 3.8) is 0 Å². The van der Waals surface area contributed by atoms with E-state index < -0.39 is 0 Å². The first kappa shape index (κ1) is 23.4. The van der Waals surface area contributed by atoms with Gasteiger partial charge in [-0.2, -0.15) is 0 Å². The lowest BCUT2D eigenvalue weighted by Gasteiger charge is -2.33. The Bertz CT molecular complexity index is 1770. The van der Waals surface area contributed by atoms with Gasteiger partial charge in [0.1, 0.15) is 0 Å². The zero-order valence-corrected chi connectivity index (χ0v) is 21.7. The van der Waals surface area contributed by atoms with Gasteiger partial charge in [0.25, 0.3) is 0 Å². The van der Waals surface area contributed by atoms with E-state index in [2.05, 4.69) is 103 Å². The van der Waals surface area contributed by atoms with Gasteiger partial charge in [0, 0.05) is 16.5 Å². The summed E-state index contributed by atoms with van der Waals surface area (Å²) in [6, 6.07) is 51.0. The average molecular weight is 501 g/mol. The van der Waals surface area contributed by atoms with Crippen LogP contribution in [0.2, 0.25) is 0 Å². The van der Waals surface area contributed by atoms with Crippen LogP contribution in [0.3, 0.4) is 0 Å². The summed E-state index contributed by atoms with van der Waals surface area (Å²) < 4.78 is 0. The Labute approximate surface area is 229 Å². The van der Waals surface area contributed by atoms with E-state index in [0.29, 0.717) is 0 Å². The average Bonchev–Trinajstić information content (AvgIpc) is 3.27. The fraction of sp³-hybridized carbons (Fsp3) is 0.0789. The zero-order chi connectivity index (χ0) is 26.2. The molecular formula is C38H28O. The van der Waals surface area contributed by atoms with Crippen LogP contribution < -0.4 is 0 Å². The number of ketones is 1. The van der Waals surface area contributed by atoms with Crippen molar-refractivity contribution < 1.29 is 4.79 Å². The molecule has 0 radical (unpaired) electrons. The van der Waals surface area contributed by atoms with Gasteiger partial charge in [-0.05, 0) is 57.0 Å². The van der Waals surface area contributed by atoms with Crippen LogP contribution in [0.25, 0.3) is 21.9 Å². The van der Waals surface area contributed by atoms with E-state index in [-0.39, 0.29) is 11.2 Å². The summed E-state index contributed by atoms with van der Waals surface area (Å²) in [6.07, 6.45) is 1.75. The Kier molecular flexibility index (Phi) is 5.71. The van der Waals surface area contributed by atoms with E-state index in [9.17, 15) is 4.79 Å². The van der Waals surface area contributed by atoms with Crippen LogP contribution >= 0.6 is 0 Å². The SMILES string of the molecule is O=C(c1ccccc1)c1ccc(CC2(Cc3ccc4ccccc4c3)c3ccccc3-c3ccccc32)cc1. The van der Waals surface area contributed by atoms with Gasteiger partial charge in [0.15, 0.2) is 5.78 Å². The van der Waals surface area contributed by atoms with E-state index in [1.165, 1.54) is 44.2 Å². The third-order valence-corrected chi connectivity index (χ3v) is 8.25. The highest BCUT2D eigenvalue weighted by Gasteiger charge is 2.43. The second kappa shape index (κ2) is 9.53. The molecule has 39 heavy (non-hydrogen) atoms. The molecule has 186 valence electrons. The fourth-order valence-corrected chi connectivity index (χ4v) is 6.43. The van der Waals surface area contributed by atoms with Gasteiger partial charge in [-0.15, -0.1) is 0 Å². The molecule has 0 fully saturated rings. The van der Waals surface area contributed by atoms with E-state index in [0.717, 1.165) is 24.0 Å². The molecular weight excluding hydrogens is 472 g/mol. The van der Waals surface area contributed by atoms with Crippen molar-refractivity contribution in [3.05, 3.63) is 179 Å². The van der Waals surface area contributed by atoms with E-state index in [1.807, 2.05) is 42.5 Å². The van der Waals surface area contributed by atoms with Crippen molar-refractivity contribution in [2.24, 2.45) is 0 Å². The summed E-state index contributed by atoms with van der Waals surface area (Å²) >= 11 is 0. The highest BCUT2D eigenvalue weighted by molar-refractivity contribution is 6.08. The van der Waals surface area contributed by atoms with Gasteiger partial charge in [-0.1, -0.05) is 146 Å². The van der Waals surface area contributed by atoms with Crippen molar-refractivity contribution in [1.82, 2.24) is 0 Å². The minimum atomic E-state index is -0.208. The molecule has 0 saturated heterocycles. The van der Waals surface area contributed by atoms with Crippen molar-refractivity contribution in [3.8, 4) is 11.1 Å².